The van der Waals surface area contributed by atoms with Crippen LogP contribution < -0.4 is 5.32 Å². The molecule has 94 valence electrons. The largest absolute Gasteiger partial charge is 0.329 e. The van der Waals surface area contributed by atoms with Crippen molar-refractivity contribution in [2.45, 2.75) is 33.2 Å². The summed E-state index contributed by atoms with van der Waals surface area (Å²) < 4.78 is 0. The number of carbonyl (C=O) groups excluding carboxylic acids is 1. The molecular formula is C13H21N3O. The van der Waals surface area contributed by atoms with Crippen LogP contribution in [0.15, 0.2) is 24.5 Å². The third-order valence-corrected chi connectivity index (χ3v) is 2.87. The molecular weight excluding hydrogens is 214 g/mol. The van der Waals surface area contributed by atoms with Crippen LogP contribution in [0.3, 0.4) is 0 Å². The zero-order chi connectivity index (χ0) is 12.9. The van der Waals surface area contributed by atoms with Gasteiger partial charge in [0.25, 0.3) is 0 Å². The Morgan fingerprint density at radius 2 is 1.82 bits per heavy atom. The minimum Gasteiger partial charge on any atom is -0.329 e. The summed E-state index contributed by atoms with van der Waals surface area (Å²) in [5, 5.41) is 3.03. The highest BCUT2D eigenvalue weighted by atomic mass is 16.2. The van der Waals surface area contributed by atoms with E-state index in [1.807, 2.05) is 39.8 Å². The van der Waals surface area contributed by atoms with Crippen molar-refractivity contribution in [1.29, 1.82) is 0 Å². The summed E-state index contributed by atoms with van der Waals surface area (Å²) in [5.41, 5.74) is 0.663. The first-order valence-corrected chi connectivity index (χ1v) is 5.98. The summed E-state index contributed by atoms with van der Waals surface area (Å²) in [6, 6.07) is 3.81. The van der Waals surface area contributed by atoms with Crippen molar-refractivity contribution >= 4 is 6.03 Å². The molecule has 2 amide bonds. The van der Waals surface area contributed by atoms with Crippen molar-refractivity contribution in [3.63, 3.8) is 0 Å². The van der Waals surface area contributed by atoms with Gasteiger partial charge in [-0.1, -0.05) is 0 Å². The summed E-state index contributed by atoms with van der Waals surface area (Å²) in [5.74, 6) is 0. The molecule has 0 radical (unpaired) electrons. The van der Waals surface area contributed by atoms with Crippen LogP contribution >= 0.6 is 0 Å². The number of pyridine rings is 1. The molecule has 0 fully saturated rings. The fourth-order valence-electron chi connectivity index (χ4n) is 1.70. The summed E-state index contributed by atoms with van der Waals surface area (Å²) in [6.45, 7) is 9.36. The van der Waals surface area contributed by atoms with Crippen LogP contribution in [0.5, 0.6) is 0 Å². The van der Waals surface area contributed by atoms with Gasteiger partial charge in [-0.2, -0.15) is 0 Å². The van der Waals surface area contributed by atoms with E-state index < -0.39 is 0 Å². The minimum absolute atomic E-state index is 0.0307. The van der Waals surface area contributed by atoms with Gasteiger partial charge in [0.2, 0.25) is 0 Å². The van der Waals surface area contributed by atoms with Crippen molar-refractivity contribution in [3.05, 3.63) is 30.1 Å². The van der Waals surface area contributed by atoms with Crippen LogP contribution in [0.2, 0.25) is 0 Å². The minimum atomic E-state index is -0.386. The third kappa shape index (κ3) is 3.44. The number of nitrogens with one attached hydrogen (secondary N) is 1. The number of rotatable bonds is 4. The summed E-state index contributed by atoms with van der Waals surface area (Å²) >= 11 is 0. The molecule has 0 unspecified atom stereocenters. The normalized spacial score (nSPS) is 11.1. The number of aromatic nitrogens is 1. The van der Waals surface area contributed by atoms with Gasteiger partial charge in [0.15, 0.2) is 0 Å². The van der Waals surface area contributed by atoms with Gasteiger partial charge in [0.1, 0.15) is 0 Å². The maximum Gasteiger partial charge on any atom is 0.318 e. The highest BCUT2D eigenvalue weighted by Gasteiger charge is 2.24. The van der Waals surface area contributed by atoms with Crippen molar-refractivity contribution in [2.24, 2.45) is 0 Å². The lowest BCUT2D eigenvalue weighted by Crippen LogP contribution is -2.48. The fourth-order valence-corrected chi connectivity index (χ4v) is 1.70. The van der Waals surface area contributed by atoms with E-state index in [1.165, 1.54) is 0 Å². The van der Waals surface area contributed by atoms with E-state index in [0.717, 1.165) is 18.7 Å². The molecule has 0 aromatic carbocycles. The zero-order valence-corrected chi connectivity index (χ0v) is 11.0. The first-order valence-electron chi connectivity index (χ1n) is 5.98. The second-order valence-corrected chi connectivity index (χ2v) is 4.46. The molecule has 1 rings (SSSR count). The highest BCUT2D eigenvalue weighted by Crippen LogP contribution is 2.19. The Kier molecular flexibility index (Phi) is 4.49. The standard InChI is InChI=1S/C13H21N3O/c1-5-16(6-2)12(17)15-13(3,4)11-7-9-14-10-8-11/h7-10H,5-6H2,1-4H3,(H,15,17). The average molecular weight is 235 g/mol. The van der Waals surface area contributed by atoms with Crippen LogP contribution in [-0.4, -0.2) is 29.0 Å². The molecule has 0 aliphatic rings. The first kappa shape index (κ1) is 13.5. The average Bonchev–Trinajstić information content (AvgIpc) is 2.31. The predicted octanol–water partition coefficient (Wildman–Crippen LogP) is 2.37. The molecule has 0 atom stereocenters. The maximum absolute atomic E-state index is 12.0. The summed E-state index contributed by atoms with van der Waals surface area (Å²) in [6.07, 6.45) is 3.47. The lowest BCUT2D eigenvalue weighted by atomic mass is 9.96. The number of amides is 2. The van der Waals surface area contributed by atoms with Crippen molar-refractivity contribution in [2.75, 3.05) is 13.1 Å². The molecule has 0 saturated carbocycles. The maximum atomic E-state index is 12.0. The molecule has 1 heterocycles. The van der Waals surface area contributed by atoms with E-state index in [4.69, 9.17) is 0 Å². The van der Waals surface area contributed by atoms with Crippen molar-refractivity contribution in [1.82, 2.24) is 15.2 Å². The topological polar surface area (TPSA) is 45.2 Å². The monoisotopic (exact) mass is 235 g/mol. The quantitative estimate of drug-likeness (QED) is 0.870. The number of urea groups is 1. The van der Waals surface area contributed by atoms with E-state index in [1.54, 1.807) is 17.3 Å². The number of hydrogen-bond donors (Lipinski definition) is 1. The predicted molar refractivity (Wildman–Crippen MR) is 68.7 cm³/mol. The summed E-state index contributed by atoms with van der Waals surface area (Å²) in [4.78, 5) is 17.7. The Morgan fingerprint density at radius 1 is 1.29 bits per heavy atom. The number of carbonyl (C=O) groups is 1. The molecule has 4 nitrogen and oxygen atoms in total. The van der Waals surface area contributed by atoms with Crippen molar-refractivity contribution in [3.8, 4) is 0 Å². The van der Waals surface area contributed by atoms with Gasteiger partial charge in [-0.15, -0.1) is 0 Å². The van der Waals surface area contributed by atoms with E-state index >= 15 is 0 Å². The zero-order valence-electron chi connectivity index (χ0n) is 11.0. The lowest BCUT2D eigenvalue weighted by molar-refractivity contribution is 0.192. The van der Waals surface area contributed by atoms with E-state index in [9.17, 15) is 4.79 Å². The lowest BCUT2D eigenvalue weighted by Gasteiger charge is -2.30. The second kappa shape index (κ2) is 5.66. The van der Waals surface area contributed by atoms with E-state index in [-0.39, 0.29) is 11.6 Å². The Morgan fingerprint density at radius 3 is 2.29 bits per heavy atom. The highest BCUT2D eigenvalue weighted by molar-refractivity contribution is 5.75. The van der Waals surface area contributed by atoms with Crippen LogP contribution in [0.4, 0.5) is 4.79 Å². The first-order chi connectivity index (χ1) is 8.01. The molecule has 0 bridgehead atoms. The van der Waals surface area contributed by atoms with Crippen molar-refractivity contribution < 1.29 is 4.79 Å². The molecule has 0 aliphatic heterocycles. The molecule has 1 N–H and O–H groups in total. The molecule has 0 spiro atoms. The summed E-state index contributed by atoms with van der Waals surface area (Å²) in [7, 11) is 0. The smallest absolute Gasteiger partial charge is 0.318 e. The van der Waals surface area contributed by atoms with Gasteiger partial charge in [0, 0.05) is 25.5 Å². The Bertz CT molecular complexity index is 358. The van der Waals surface area contributed by atoms with Gasteiger partial charge in [0.05, 0.1) is 5.54 Å². The number of hydrogen-bond acceptors (Lipinski definition) is 2. The molecule has 4 heteroatoms. The Hall–Kier alpha value is -1.58. The van der Waals surface area contributed by atoms with Crippen LogP contribution in [0.1, 0.15) is 33.3 Å². The third-order valence-electron chi connectivity index (χ3n) is 2.87. The van der Waals surface area contributed by atoms with E-state index in [2.05, 4.69) is 10.3 Å². The van der Waals surface area contributed by atoms with E-state index in [0.29, 0.717) is 0 Å². The molecule has 0 aliphatic carbocycles. The van der Waals surface area contributed by atoms with Crippen LogP contribution in [0, 0.1) is 0 Å². The number of nitrogens with zero attached hydrogens (tertiary/aromatic N) is 2. The van der Waals surface area contributed by atoms with Gasteiger partial charge in [-0.05, 0) is 45.4 Å². The fraction of sp³-hybridized carbons (Fsp3) is 0.538. The molecule has 17 heavy (non-hydrogen) atoms. The van der Waals surface area contributed by atoms with Gasteiger partial charge in [-0.25, -0.2) is 4.79 Å². The van der Waals surface area contributed by atoms with Crippen LogP contribution in [0.25, 0.3) is 0 Å². The molecule has 0 saturated heterocycles. The Balaban J connectivity index is 2.76. The SMILES string of the molecule is CCN(CC)C(=O)NC(C)(C)c1ccncc1. The van der Waals surface area contributed by atoms with Crippen LogP contribution in [-0.2, 0) is 5.54 Å². The second-order valence-electron chi connectivity index (χ2n) is 4.46. The van der Waals surface area contributed by atoms with Gasteiger partial charge in [-0.3, -0.25) is 4.98 Å². The molecule has 1 aromatic rings. The van der Waals surface area contributed by atoms with Gasteiger partial charge < -0.3 is 10.2 Å². The Labute approximate surface area is 103 Å². The molecule has 1 aromatic heterocycles. The van der Waals surface area contributed by atoms with Gasteiger partial charge >= 0.3 is 6.03 Å².